The number of rotatable bonds is 1. The molecule has 2 amide bonds. The largest absolute Gasteiger partial charge is 0.480 e. The molecule has 96 valence electrons. The van der Waals surface area contributed by atoms with E-state index in [-0.39, 0.29) is 12.1 Å². The highest BCUT2D eigenvalue weighted by Gasteiger charge is 2.38. The Morgan fingerprint density at radius 3 is 2.65 bits per heavy atom. The van der Waals surface area contributed by atoms with Gasteiger partial charge in [0.25, 0.3) is 0 Å². The minimum Gasteiger partial charge on any atom is -0.480 e. The maximum Gasteiger partial charge on any atom is 0.327 e. The molecule has 0 aliphatic carbocycles. The fourth-order valence-corrected chi connectivity index (χ4v) is 4.16. The fraction of sp³-hybridized carbons (Fsp3) is 0.800. The van der Waals surface area contributed by atoms with Gasteiger partial charge < -0.3 is 14.9 Å². The molecule has 17 heavy (non-hydrogen) atoms. The Kier molecular flexibility index (Phi) is 4.09. The summed E-state index contributed by atoms with van der Waals surface area (Å²) in [5.41, 5.74) is 0. The van der Waals surface area contributed by atoms with E-state index in [1.165, 1.54) is 16.7 Å². The predicted molar refractivity (Wildman–Crippen MR) is 69.5 cm³/mol. The maximum absolute atomic E-state index is 12.3. The monoisotopic (exact) mass is 276 g/mol. The average Bonchev–Trinajstić information content (AvgIpc) is 2.77. The first kappa shape index (κ1) is 12.9. The summed E-state index contributed by atoms with van der Waals surface area (Å²) in [4.78, 5) is 26.6. The van der Waals surface area contributed by atoms with Gasteiger partial charge in [-0.05, 0) is 6.92 Å². The van der Waals surface area contributed by atoms with Crippen LogP contribution in [0.25, 0.3) is 0 Å². The molecule has 0 aromatic rings. The highest BCUT2D eigenvalue weighted by atomic mass is 32.2. The van der Waals surface area contributed by atoms with Gasteiger partial charge in [-0.3, -0.25) is 0 Å². The van der Waals surface area contributed by atoms with Gasteiger partial charge in [-0.15, -0.1) is 11.8 Å². The summed E-state index contributed by atoms with van der Waals surface area (Å²) in [6, 6.07) is -0.578. The number of nitrogens with zero attached hydrogens (tertiary/aromatic N) is 2. The lowest BCUT2D eigenvalue weighted by atomic mass is 10.3. The third kappa shape index (κ3) is 2.65. The standard InChI is InChI=1S/C10H16N2O3S2/c1-7-4-16-3-2-11(7)10(15)12-6-17-5-8(12)9(13)14/h7-8H,2-6H2,1H3,(H,13,14)/t7?,8-/m0/s1. The summed E-state index contributed by atoms with van der Waals surface area (Å²) in [6.45, 7) is 2.74. The molecule has 1 unspecified atom stereocenters. The normalized spacial score (nSPS) is 29.5. The van der Waals surface area contributed by atoms with Crippen LogP contribution < -0.4 is 0 Å². The zero-order valence-corrected chi connectivity index (χ0v) is 11.3. The lowest BCUT2D eigenvalue weighted by molar-refractivity contribution is -0.141. The topological polar surface area (TPSA) is 60.9 Å². The molecule has 2 aliphatic rings. The highest BCUT2D eigenvalue weighted by molar-refractivity contribution is 7.99. The van der Waals surface area contributed by atoms with Crippen LogP contribution >= 0.6 is 23.5 Å². The van der Waals surface area contributed by atoms with Crippen LogP contribution in [0.3, 0.4) is 0 Å². The number of amides is 2. The second-order valence-electron chi connectivity index (χ2n) is 4.22. The summed E-state index contributed by atoms with van der Waals surface area (Å²) >= 11 is 3.34. The molecule has 2 fully saturated rings. The summed E-state index contributed by atoms with van der Waals surface area (Å²) < 4.78 is 0. The van der Waals surface area contributed by atoms with Crippen molar-refractivity contribution in [3.05, 3.63) is 0 Å². The number of urea groups is 1. The Morgan fingerprint density at radius 2 is 2.00 bits per heavy atom. The third-order valence-corrected chi connectivity index (χ3v) is 5.23. The van der Waals surface area contributed by atoms with Crippen LogP contribution in [0.1, 0.15) is 6.92 Å². The van der Waals surface area contributed by atoms with Gasteiger partial charge in [0, 0.05) is 29.8 Å². The molecule has 7 heteroatoms. The molecule has 0 bridgehead atoms. The number of thioether (sulfide) groups is 2. The van der Waals surface area contributed by atoms with E-state index >= 15 is 0 Å². The van der Waals surface area contributed by atoms with Gasteiger partial charge >= 0.3 is 12.0 Å². The minimum absolute atomic E-state index is 0.116. The van der Waals surface area contributed by atoms with Crippen molar-refractivity contribution >= 4 is 35.5 Å². The van der Waals surface area contributed by atoms with Crippen LogP contribution in [0.4, 0.5) is 4.79 Å². The second kappa shape index (κ2) is 5.39. The molecule has 0 aromatic carbocycles. The quantitative estimate of drug-likeness (QED) is 0.774. The second-order valence-corrected chi connectivity index (χ2v) is 6.37. The van der Waals surface area contributed by atoms with Crippen molar-refractivity contribution < 1.29 is 14.7 Å². The Balaban J connectivity index is 2.05. The molecule has 1 N–H and O–H groups in total. The number of carbonyl (C=O) groups excluding carboxylic acids is 1. The number of aliphatic carboxylic acids is 1. The van der Waals surface area contributed by atoms with E-state index in [2.05, 4.69) is 0 Å². The van der Waals surface area contributed by atoms with Crippen molar-refractivity contribution in [2.75, 3.05) is 29.7 Å². The van der Waals surface area contributed by atoms with Crippen LogP contribution in [0.2, 0.25) is 0 Å². The van der Waals surface area contributed by atoms with E-state index in [0.29, 0.717) is 11.6 Å². The number of carbonyl (C=O) groups is 2. The molecule has 2 saturated heterocycles. The molecular formula is C10H16N2O3S2. The van der Waals surface area contributed by atoms with E-state index in [1.807, 2.05) is 18.7 Å². The van der Waals surface area contributed by atoms with Crippen molar-refractivity contribution in [2.24, 2.45) is 0 Å². The number of carboxylic acid groups (broad SMARTS) is 1. The van der Waals surface area contributed by atoms with Gasteiger partial charge in [0.2, 0.25) is 0 Å². The molecule has 0 spiro atoms. The van der Waals surface area contributed by atoms with Gasteiger partial charge in [0.1, 0.15) is 6.04 Å². The van der Waals surface area contributed by atoms with Crippen LogP contribution in [-0.4, -0.2) is 68.7 Å². The average molecular weight is 276 g/mol. The number of hydrogen-bond acceptors (Lipinski definition) is 4. The first-order valence-electron chi connectivity index (χ1n) is 5.57. The van der Waals surface area contributed by atoms with Gasteiger partial charge in [0.05, 0.1) is 5.88 Å². The lowest BCUT2D eigenvalue weighted by Crippen LogP contribution is -2.53. The summed E-state index contributed by atoms with van der Waals surface area (Å²) in [5.74, 6) is 1.96. The van der Waals surface area contributed by atoms with E-state index in [1.54, 1.807) is 4.90 Å². The highest BCUT2D eigenvalue weighted by Crippen LogP contribution is 2.25. The van der Waals surface area contributed by atoms with Crippen LogP contribution in [0, 0.1) is 0 Å². The summed E-state index contributed by atoms with van der Waals surface area (Å²) in [5, 5.41) is 9.07. The SMILES string of the molecule is CC1CSCCN1C(=O)N1CSC[C@H]1C(=O)O. The Bertz CT molecular complexity index is 327. The van der Waals surface area contributed by atoms with Gasteiger partial charge in [-0.2, -0.15) is 11.8 Å². The van der Waals surface area contributed by atoms with E-state index < -0.39 is 12.0 Å². The summed E-state index contributed by atoms with van der Waals surface area (Å²) in [7, 11) is 0. The van der Waals surface area contributed by atoms with Gasteiger partial charge in [-0.1, -0.05) is 0 Å². The molecule has 2 aliphatic heterocycles. The molecule has 2 rings (SSSR count). The van der Waals surface area contributed by atoms with Crippen molar-refractivity contribution in [3.63, 3.8) is 0 Å². The fourth-order valence-electron chi connectivity index (χ4n) is 2.01. The zero-order valence-electron chi connectivity index (χ0n) is 9.66. The predicted octanol–water partition coefficient (Wildman–Crippen LogP) is 1.00. The Labute approximate surface area is 109 Å². The van der Waals surface area contributed by atoms with Crippen LogP contribution in [0.15, 0.2) is 0 Å². The van der Waals surface area contributed by atoms with Gasteiger partial charge in [0.15, 0.2) is 0 Å². The van der Waals surface area contributed by atoms with Crippen LogP contribution in [-0.2, 0) is 4.79 Å². The molecular weight excluding hydrogens is 260 g/mol. The Morgan fingerprint density at radius 1 is 1.24 bits per heavy atom. The van der Waals surface area contributed by atoms with E-state index in [4.69, 9.17) is 5.11 Å². The van der Waals surface area contributed by atoms with Crippen LogP contribution in [0.5, 0.6) is 0 Å². The third-order valence-electron chi connectivity index (χ3n) is 3.03. The number of hydrogen-bond donors (Lipinski definition) is 1. The Hall–Kier alpha value is -0.560. The van der Waals surface area contributed by atoms with Gasteiger partial charge in [-0.25, -0.2) is 9.59 Å². The van der Waals surface area contributed by atoms with E-state index in [0.717, 1.165) is 18.1 Å². The minimum atomic E-state index is -0.901. The van der Waals surface area contributed by atoms with E-state index in [9.17, 15) is 9.59 Å². The first-order valence-corrected chi connectivity index (χ1v) is 7.87. The number of carboxylic acids is 1. The van der Waals surface area contributed by atoms with Crippen molar-refractivity contribution in [1.82, 2.24) is 9.80 Å². The first-order chi connectivity index (χ1) is 8.11. The van der Waals surface area contributed by atoms with Crippen molar-refractivity contribution in [1.29, 1.82) is 0 Å². The molecule has 0 saturated carbocycles. The molecule has 2 atom stereocenters. The molecule has 2 heterocycles. The van der Waals surface area contributed by atoms with Crippen molar-refractivity contribution in [3.8, 4) is 0 Å². The molecule has 5 nitrogen and oxygen atoms in total. The molecule has 0 radical (unpaired) electrons. The smallest absolute Gasteiger partial charge is 0.327 e. The lowest BCUT2D eigenvalue weighted by Gasteiger charge is -2.36. The van der Waals surface area contributed by atoms with Crippen molar-refractivity contribution in [2.45, 2.75) is 19.0 Å². The summed E-state index contributed by atoms with van der Waals surface area (Å²) in [6.07, 6.45) is 0. The molecule has 0 aromatic heterocycles. The maximum atomic E-state index is 12.3. The zero-order chi connectivity index (χ0) is 12.4.